The topological polar surface area (TPSA) is 51.8 Å². The summed E-state index contributed by atoms with van der Waals surface area (Å²) < 4.78 is 6.33. The molecule has 0 spiro atoms. The van der Waals surface area contributed by atoms with E-state index in [9.17, 15) is 0 Å². The van der Waals surface area contributed by atoms with Crippen LogP contribution in [-0.2, 0) is 0 Å². The number of hydrogen-bond acceptors (Lipinski definition) is 4. The molecule has 4 nitrogen and oxygen atoms in total. The van der Waals surface area contributed by atoms with Gasteiger partial charge in [0.25, 0.3) is 0 Å². The van der Waals surface area contributed by atoms with Crippen molar-refractivity contribution in [3.05, 3.63) is 133 Å². The normalized spacial score (nSPS) is 13.4. The first-order chi connectivity index (χ1) is 30.4. The molecule has 8 aromatic carbocycles. The van der Waals surface area contributed by atoms with E-state index in [2.05, 4.69) is 134 Å². The van der Waals surface area contributed by atoms with Gasteiger partial charge in [-0.25, -0.2) is 15.0 Å². The highest BCUT2D eigenvalue weighted by Crippen LogP contribution is 2.68. The lowest BCUT2D eigenvalue weighted by atomic mass is 9.64. The first-order valence-corrected chi connectivity index (χ1v) is 22.7. The minimum Gasteiger partial charge on any atom is -0.457 e. The van der Waals surface area contributed by atoms with E-state index in [-0.39, 0.29) is 55.2 Å². The lowest BCUT2D eigenvalue weighted by Crippen LogP contribution is -2.47. The van der Waals surface area contributed by atoms with Crippen LogP contribution >= 0.6 is 10.0 Å². The molecule has 0 unspecified atom stereocenters. The summed E-state index contributed by atoms with van der Waals surface area (Å²) in [6.07, 6.45) is 4.64. The van der Waals surface area contributed by atoms with E-state index in [1.165, 1.54) is 20.6 Å². The molecule has 1 aliphatic rings. The quantitative estimate of drug-likeness (QED) is 0.223. The molecule has 0 fully saturated rings. The minimum absolute atomic E-state index is 0.0900. The number of aromatic nitrogens is 3. The van der Waals surface area contributed by atoms with Gasteiger partial charge in [0.05, 0.1) is 0 Å². The molecule has 0 aliphatic carbocycles. The highest BCUT2D eigenvalue weighted by molar-refractivity contribution is 8.33. The van der Waals surface area contributed by atoms with Gasteiger partial charge in [-0.1, -0.05) is 131 Å². The SMILES string of the molecule is [B]c1c([B])c([B])c2c(oc3c([B])c([B])c([B])c(-c4nc(-c5cccc(-c6ccc(-c7ccc8ccccc8c7)cc6)c5)nc(-c5cccc6c5-c5ccccc5S6(C)C)n4)c32)c1[B]. The molecule has 0 atom stereocenters. The van der Waals surface area contributed by atoms with Crippen LogP contribution < -0.4 is 38.2 Å². The monoisotopic (exact) mass is 807 g/mol. The number of fused-ring (bicyclic) bond motifs is 7. The molecule has 12 heteroatoms. The summed E-state index contributed by atoms with van der Waals surface area (Å²) in [4.78, 5) is 18.2. The summed E-state index contributed by atoms with van der Waals surface area (Å²) in [5, 5.41) is 3.19. The molecule has 280 valence electrons. The largest absolute Gasteiger partial charge is 0.457 e. The first-order valence-electron chi connectivity index (χ1n) is 20.3. The zero-order valence-electron chi connectivity index (χ0n) is 34.4. The minimum atomic E-state index is -1.35. The van der Waals surface area contributed by atoms with Crippen LogP contribution in [0.1, 0.15) is 0 Å². The Bertz CT molecular complexity index is 3590. The maximum atomic E-state index is 6.96. The smallest absolute Gasteiger partial charge is 0.164 e. The molecular formula is C51H28B7N3OS. The van der Waals surface area contributed by atoms with Crippen LogP contribution in [0, 0.1) is 0 Å². The predicted molar refractivity (Wildman–Crippen MR) is 271 cm³/mol. The molecule has 0 N–H and O–H groups in total. The third kappa shape index (κ3) is 6.05. The van der Waals surface area contributed by atoms with Crippen LogP contribution in [0.2, 0.25) is 0 Å². The third-order valence-electron chi connectivity index (χ3n) is 12.4. The molecule has 0 bridgehead atoms. The molecule has 14 radical (unpaired) electrons. The van der Waals surface area contributed by atoms with E-state index in [1.54, 1.807) is 0 Å². The Labute approximate surface area is 376 Å². The van der Waals surface area contributed by atoms with Crippen molar-refractivity contribution < 1.29 is 4.42 Å². The fourth-order valence-corrected chi connectivity index (χ4v) is 11.6. The van der Waals surface area contributed by atoms with Gasteiger partial charge in [-0.15, -0.1) is 16.4 Å². The molecule has 10 aromatic rings. The summed E-state index contributed by atoms with van der Waals surface area (Å²) in [7, 11) is 44.8. The van der Waals surface area contributed by atoms with Gasteiger partial charge in [-0.2, -0.15) is 10.0 Å². The summed E-state index contributed by atoms with van der Waals surface area (Å²) in [6, 6.07) is 46.5. The molecule has 0 saturated carbocycles. The van der Waals surface area contributed by atoms with Gasteiger partial charge in [0.2, 0.25) is 0 Å². The van der Waals surface area contributed by atoms with Crippen molar-refractivity contribution in [2.75, 3.05) is 12.5 Å². The molecule has 3 heterocycles. The van der Waals surface area contributed by atoms with Gasteiger partial charge >= 0.3 is 0 Å². The van der Waals surface area contributed by atoms with Crippen LogP contribution in [0.4, 0.5) is 0 Å². The Balaban J connectivity index is 1.14. The highest BCUT2D eigenvalue weighted by Gasteiger charge is 2.34. The Morgan fingerprint density at radius 3 is 1.68 bits per heavy atom. The van der Waals surface area contributed by atoms with E-state index in [4.69, 9.17) is 74.3 Å². The second-order valence-electron chi connectivity index (χ2n) is 16.3. The van der Waals surface area contributed by atoms with Gasteiger partial charge in [-0.05, 0) is 75.4 Å². The van der Waals surface area contributed by atoms with Crippen molar-refractivity contribution in [1.29, 1.82) is 0 Å². The first kappa shape index (κ1) is 39.5. The fourth-order valence-electron chi connectivity index (χ4n) is 9.08. The summed E-state index contributed by atoms with van der Waals surface area (Å²) in [5.74, 6) is 1.07. The molecule has 0 amide bonds. The van der Waals surface area contributed by atoms with Crippen LogP contribution in [0.3, 0.4) is 0 Å². The highest BCUT2D eigenvalue weighted by atomic mass is 32.3. The van der Waals surface area contributed by atoms with Gasteiger partial charge in [0, 0.05) is 42.8 Å². The Hall–Kier alpha value is -6.37. The number of benzene rings is 8. The number of hydrogen-bond donors (Lipinski definition) is 0. The second-order valence-corrected chi connectivity index (χ2v) is 19.8. The van der Waals surface area contributed by atoms with Crippen LogP contribution in [-0.4, -0.2) is 82.4 Å². The van der Waals surface area contributed by atoms with E-state index in [0.717, 1.165) is 44.5 Å². The number of rotatable bonds is 5. The van der Waals surface area contributed by atoms with Crippen LogP contribution in [0.15, 0.2) is 148 Å². The lowest BCUT2D eigenvalue weighted by molar-refractivity contribution is 0.675. The summed E-state index contributed by atoms with van der Waals surface area (Å²) in [6.45, 7) is 0. The molecule has 63 heavy (non-hydrogen) atoms. The van der Waals surface area contributed by atoms with E-state index in [0.29, 0.717) is 28.0 Å². The van der Waals surface area contributed by atoms with Crippen molar-refractivity contribution >= 4 is 136 Å². The average Bonchev–Trinajstić information content (AvgIpc) is 3.82. The van der Waals surface area contributed by atoms with Crippen molar-refractivity contribution in [3.8, 4) is 67.5 Å². The summed E-state index contributed by atoms with van der Waals surface area (Å²) in [5.41, 5.74) is 9.65. The van der Waals surface area contributed by atoms with Crippen molar-refractivity contribution in [1.82, 2.24) is 15.0 Å². The van der Waals surface area contributed by atoms with Crippen LogP contribution in [0.25, 0.3) is 100 Å². The maximum absolute atomic E-state index is 6.96. The Morgan fingerprint density at radius 1 is 0.381 bits per heavy atom. The molecular weight excluding hydrogens is 778 g/mol. The Morgan fingerprint density at radius 2 is 0.921 bits per heavy atom. The van der Waals surface area contributed by atoms with Gasteiger partial charge < -0.3 is 4.42 Å². The van der Waals surface area contributed by atoms with Gasteiger partial charge in [0.1, 0.15) is 66.1 Å². The van der Waals surface area contributed by atoms with Crippen molar-refractivity contribution in [2.24, 2.45) is 0 Å². The molecule has 1 aliphatic heterocycles. The summed E-state index contributed by atoms with van der Waals surface area (Å²) >= 11 is 0. The van der Waals surface area contributed by atoms with Gasteiger partial charge in [0.15, 0.2) is 17.5 Å². The maximum Gasteiger partial charge on any atom is 0.164 e. The lowest BCUT2D eigenvalue weighted by Gasteiger charge is -2.28. The molecule has 0 saturated heterocycles. The van der Waals surface area contributed by atoms with Crippen molar-refractivity contribution in [2.45, 2.75) is 9.79 Å². The number of furan rings is 1. The standard InChI is InChI=1S/C51H28B7N3OS/c1-63(2)34-15-6-5-13-32(34)36-33(14-8-16-35(36)63)50-59-49(31-12-7-11-29(24-31)26-17-19-27(20-18-26)30-22-21-25-9-3-4-10-28(25)23-30)60-51(61-50)39-37-38-40(52)42(54)44(56)46(58)48(38)62-47(37)45(57)43(55)41(39)53/h3-24H,1-2H3. The number of nitrogens with zero attached hydrogens (tertiary/aromatic N) is 3. The fraction of sp³-hybridized carbons (Fsp3) is 0.0392. The molecule has 2 aromatic heterocycles. The van der Waals surface area contributed by atoms with E-state index < -0.39 is 10.0 Å². The predicted octanol–water partition coefficient (Wildman–Crippen LogP) is 5.28. The molecule has 11 rings (SSSR count). The van der Waals surface area contributed by atoms with Crippen molar-refractivity contribution in [3.63, 3.8) is 0 Å². The van der Waals surface area contributed by atoms with E-state index in [1.807, 2.05) is 12.1 Å². The Kier molecular flexibility index (Phi) is 9.15. The zero-order valence-corrected chi connectivity index (χ0v) is 35.2. The van der Waals surface area contributed by atoms with Gasteiger partial charge in [-0.3, -0.25) is 0 Å². The van der Waals surface area contributed by atoms with E-state index >= 15 is 0 Å². The average molecular weight is 807 g/mol. The second kappa shape index (κ2) is 14.6. The van der Waals surface area contributed by atoms with Crippen LogP contribution in [0.5, 0.6) is 0 Å². The zero-order chi connectivity index (χ0) is 43.5. The third-order valence-corrected chi connectivity index (χ3v) is 15.3.